The molecule has 6 nitrogen and oxygen atoms in total. The Bertz CT molecular complexity index is 759. The third-order valence-corrected chi connectivity index (χ3v) is 4.07. The molecule has 0 unspecified atom stereocenters. The number of nitrogens with zero attached hydrogens (tertiary/aromatic N) is 2. The first-order valence-electron chi connectivity index (χ1n) is 5.96. The molecule has 21 heavy (non-hydrogen) atoms. The van der Waals surface area contributed by atoms with E-state index in [9.17, 15) is 17.2 Å². The molecule has 2 rings (SSSR count). The number of aliphatic hydroxyl groups is 1. The zero-order valence-electron chi connectivity index (χ0n) is 11.0. The van der Waals surface area contributed by atoms with Crippen molar-refractivity contribution >= 4 is 15.7 Å². The maximum atomic E-state index is 13.8. The molecule has 0 radical (unpaired) electrons. The molecule has 0 saturated heterocycles. The lowest BCUT2D eigenvalue weighted by Crippen LogP contribution is -2.15. The third kappa shape index (κ3) is 3.19. The molecule has 0 amide bonds. The Morgan fingerprint density at radius 1 is 1.38 bits per heavy atom. The normalized spacial score (nSPS) is 11.6. The molecule has 0 atom stereocenters. The van der Waals surface area contributed by atoms with Crippen LogP contribution in [0.15, 0.2) is 29.4 Å². The molecule has 2 aromatic rings. The zero-order valence-corrected chi connectivity index (χ0v) is 11.9. The summed E-state index contributed by atoms with van der Waals surface area (Å²) in [6, 6.07) is 2.19. The highest BCUT2D eigenvalue weighted by atomic mass is 32.2. The molecule has 114 valence electrons. The van der Waals surface area contributed by atoms with Gasteiger partial charge in [0.25, 0.3) is 10.0 Å². The number of aromatic nitrogens is 2. The highest BCUT2D eigenvalue weighted by Crippen LogP contribution is 2.24. The van der Waals surface area contributed by atoms with Gasteiger partial charge in [0.1, 0.15) is 16.4 Å². The number of hydrogen-bond donors (Lipinski definition) is 2. The average Bonchev–Trinajstić information content (AvgIpc) is 2.89. The number of sulfonamides is 1. The number of aliphatic hydroxyl groups excluding tert-OH is 1. The lowest BCUT2D eigenvalue weighted by molar-refractivity contribution is 0.269. The molecular formula is C12H13F2N3O3S. The van der Waals surface area contributed by atoms with E-state index in [0.29, 0.717) is 0 Å². The van der Waals surface area contributed by atoms with E-state index in [0.717, 1.165) is 18.5 Å². The summed E-state index contributed by atoms with van der Waals surface area (Å²) in [7, 11) is -4.17. The molecule has 1 aromatic heterocycles. The summed E-state index contributed by atoms with van der Waals surface area (Å²) >= 11 is 0. The monoisotopic (exact) mass is 317 g/mol. The van der Waals surface area contributed by atoms with Gasteiger partial charge in [-0.15, -0.1) is 0 Å². The Labute approximate surface area is 120 Å². The molecule has 0 aliphatic carbocycles. The van der Waals surface area contributed by atoms with Crippen LogP contribution in [0.1, 0.15) is 5.56 Å². The van der Waals surface area contributed by atoms with Crippen LogP contribution < -0.4 is 4.72 Å². The van der Waals surface area contributed by atoms with Crippen molar-refractivity contribution < 1.29 is 22.3 Å². The van der Waals surface area contributed by atoms with E-state index in [-0.39, 0.29) is 23.6 Å². The van der Waals surface area contributed by atoms with Gasteiger partial charge in [-0.3, -0.25) is 9.40 Å². The van der Waals surface area contributed by atoms with Gasteiger partial charge < -0.3 is 5.11 Å². The molecule has 0 aliphatic rings. The summed E-state index contributed by atoms with van der Waals surface area (Å²) in [6.07, 6.45) is 2.19. The fourth-order valence-electron chi connectivity index (χ4n) is 1.65. The maximum absolute atomic E-state index is 13.8. The van der Waals surface area contributed by atoms with Gasteiger partial charge in [0.2, 0.25) is 0 Å². The smallest absolute Gasteiger partial charge is 0.265 e. The Morgan fingerprint density at radius 3 is 2.76 bits per heavy atom. The van der Waals surface area contributed by atoms with Crippen LogP contribution in [0.3, 0.4) is 0 Å². The van der Waals surface area contributed by atoms with Gasteiger partial charge in [-0.2, -0.15) is 5.10 Å². The van der Waals surface area contributed by atoms with Crippen molar-refractivity contribution in [3.8, 4) is 0 Å². The molecule has 2 N–H and O–H groups in total. The van der Waals surface area contributed by atoms with Crippen LogP contribution in [-0.4, -0.2) is 29.9 Å². The van der Waals surface area contributed by atoms with E-state index >= 15 is 0 Å². The minimum atomic E-state index is -4.17. The predicted molar refractivity (Wildman–Crippen MR) is 71.2 cm³/mol. The Morgan fingerprint density at radius 2 is 2.10 bits per heavy atom. The molecule has 0 spiro atoms. The van der Waals surface area contributed by atoms with E-state index in [4.69, 9.17) is 5.11 Å². The first-order valence-corrected chi connectivity index (χ1v) is 7.44. The largest absolute Gasteiger partial charge is 0.394 e. The molecule has 9 heteroatoms. The van der Waals surface area contributed by atoms with Crippen LogP contribution in [-0.2, 0) is 16.6 Å². The Hall–Kier alpha value is -2.00. The van der Waals surface area contributed by atoms with Crippen molar-refractivity contribution in [1.29, 1.82) is 0 Å². The number of benzene rings is 1. The van der Waals surface area contributed by atoms with Crippen molar-refractivity contribution in [2.45, 2.75) is 18.4 Å². The van der Waals surface area contributed by atoms with Crippen LogP contribution >= 0.6 is 0 Å². The van der Waals surface area contributed by atoms with Gasteiger partial charge in [-0.1, -0.05) is 6.07 Å². The minimum Gasteiger partial charge on any atom is -0.394 e. The first-order chi connectivity index (χ1) is 9.85. The number of nitrogens with one attached hydrogen (secondary N) is 1. The third-order valence-electron chi connectivity index (χ3n) is 2.77. The number of anilines is 1. The van der Waals surface area contributed by atoms with E-state index in [1.54, 1.807) is 0 Å². The van der Waals surface area contributed by atoms with Crippen molar-refractivity contribution in [3.63, 3.8) is 0 Å². The summed E-state index contributed by atoms with van der Waals surface area (Å²) < 4.78 is 54.6. The van der Waals surface area contributed by atoms with Crippen LogP contribution in [0.25, 0.3) is 0 Å². The van der Waals surface area contributed by atoms with Crippen molar-refractivity contribution in [1.82, 2.24) is 9.78 Å². The molecule has 1 heterocycles. The van der Waals surface area contributed by atoms with Gasteiger partial charge >= 0.3 is 0 Å². The minimum absolute atomic E-state index is 0.114. The SMILES string of the molecule is Cc1ccc(F)c(NS(=O)(=O)c2cnn(CCO)c2)c1F. The number of aryl methyl sites for hydroxylation is 1. The zero-order chi connectivity index (χ0) is 15.6. The maximum Gasteiger partial charge on any atom is 0.265 e. The molecular weight excluding hydrogens is 304 g/mol. The summed E-state index contributed by atoms with van der Waals surface area (Å²) in [5.41, 5.74) is -0.616. The van der Waals surface area contributed by atoms with Crippen molar-refractivity contribution in [3.05, 3.63) is 41.7 Å². The highest BCUT2D eigenvalue weighted by molar-refractivity contribution is 7.92. The number of hydrogen-bond acceptors (Lipinski definition) is 4. The van der Waals surface area contributed by atoms with E-state index in [1.165, 1.54) is 17.7 Å². The summed E-state index contributed by atoms with van der Waals surface area (Å²) in [6.45, 7) is 1.30. The van der Waals surface area contributed by atoms with Gasteiger partial charge in [0.05, 0.1) is 19.3 Å². The second-order valence-electron chi connectivity index (χ2n) is 4.32. The van der Waals surface area contributed by atoms with Gasteiger partial charge in [-0.05, 0) is 18.6 Å². The molecule has 1 aromatic carbocycles. The highest BCUT2D eigenvalue weighted by Gasteiger charge is 2.21. The summed E-state index contributed by atoms with van der Waals surface area (Å²) in [5.74, 6) is -1.98. The number of halogens is 2. The fraction of sp³-hybridized carbons (Fsp3) is 0.250. The van der Waals surface area contributed by atoms with Crippen LogP contribution in [0.2, 0.25) is 0 Å². The van der Waals surface area contributed by atoms with Crippen molar-refractivity contribution in [2.75, 3.05) is 11.3 Å². The second-order valence-corrected chi connectivity index (χ2v) is 6.00. The topological polar surface area (TPSA) is 84.2 Å². The Balaban J connectivity index is 2.35. The van der Waals surface area contributed by atoms with Gasteiger partial charge in [0.15, 0.2) is 5.82 Å². The van der Waals surface area contributed by atoms with Gasteiger partial charge in [-0.25, -0.2) is 17.2 Å². The Kier molecular flexibility index (Phi) is 4.24. The van der Waals surface area contributed by atoms with E-state index < -0.39 is 27.3 Å². The molecule has 0 saturated carbocycles. The second kappa shape index (κ2) is 5.78. The summed E-state index contributed by atoms with van der Waals surface area (Å²) in [4.78, 5) is -0.253. The number of rotatable bonds is 5. The standard InChI is InChI=1S/C12H13F2N3O3S/c1-8-2-3-10(13)12(11(8)14)16-21(19,20)9-6-15-17(7-9)4-5-18/h2-3,6-7,16,18H,4-5H2,1H3. The van der Waals surface area contributed by atoms with Gasteiger partial charge in [0, 0.05) is 6.20 Å². The molecule has 0 fully saturated rings. The van der Waals surface area contributed by atoms with E-state index in [2.05, 4.69) is 5.10 Å². The molecule has 0 bridgehead atoms. The van der Waals surface area contributed by atoms with Crippen LogP contribution in [0, 0.1) is 18.6 Å². The quantitative estimate of drug-likeness (QED) is 0.869. The van der Waals surface area contributed by atoms with Crippen LogP contribution in [0.5, 0.6) is 0 Å². The van der Waals surface area contributed by atoms with E-state index in [1.807, 2.05) is 4.72 Å². The van der Waals surface area contributed by atoms with Crippen LogP contribution in [0.4, 0.5) is 14.5 Å². The summed E-state index contributed by atoms with van der Waals surface area (Å²) in [5, 5.41) is 12.5. The lowest BCUT2D eigenvalue weighted by Gasteiger charge is -2.09. The average molecular weight is 317 g/mol. The predicted octanol–water partition coefficient (Wildman–Crippen LogP) is 1.26. The fourth-order valence-corrected chi connectivity index (χ4v) is 2.67. The first kappa shape index (κ1) is 15.4. The van der Waals surface area contributed by atoms with Crippen molar-refractivity contribution in [2.24, 2.45) is 0 Å². The molecule has 0 aliphatic heterocycles. The lowest BCUT2D eigenvalue weighted by atomic mass is 10.2.